The lowest BCUT2D eigenvalue weighted by Gasteiger charge is -2.16. The molecule has 0 heterocycles. The Morgan fingerprint density at radius 1 is 0.867 bits per heavy atom. The average Bonchev–Trinajstić information content (AvgIpc) is 2.79. The van der Waals surface area contributed by atoms with Crippen LogP contribution in [0.3, 0.4) is 0 Å². The number of ether oxygens (including phenoxy) is 1. The molecule has 0 saturated carbocycles. The fraction of sp³-hybridized carbons (Fsp3) is 0.200. The van der Waals surface area contributed by atoms with E-state index in [0.29, 0.717) is 17.9 Å². The molecule has 0 bridgehead atoms. The zero-order valence-corrected chi connectivity index (χ0v) is 17.2. The van der Waals surface area contributed by atoms with Crippen molar-refractivity contribution in [2.24, 2.45) is 0 Å². The highest BCUT2D eigenvalue weighted by atomic mass is 16.5. The van der Waals surface area contributed by atoms with Crippen LogP contribution in [0.4, 0.5) is 0 Å². The van der Waals surface area contributed by atoms with E-state index in [4.69, 9.17) is 4.74 Å². The van der Waals surface area contributed by atoms with Gasteiger partial charge in [0.2, 0.25) is 5.91 Å². The van der Waals surface area contributed by atoms with Gasteiger partial charge in [0.15, 0.2) is 0 Å². The second-order valence-electron chi connectivity index (χ2n) is 6.89. The summed E-state index contributed by atoms with van der Waals surface area (Å²) in [5.41, 5.74) is 3.68. The first-order valence-corrected chi connectivity index (χ1v) is 10.0. The van der Waals surface area contributed by atoms with E-state index in [0.717, 1.165) is 16.7 Å². The van der Waals surface area contributed by atoms with E-state index >= 15 is 0 Å². The fourth-order valence-corrected chi connectivity index (χ4v) is 3.16. The number of hydrogen-bond acceptors (Lipinski definition) is 3. The van der Waals surface area contributed by atoms with Crippen molar-refractivity contribution in [1.29, 1.82) is 0 Å². The molecule has 0 aliphatic rings. The molecule has 2 amide bonds. The minimum Gasteiger partial charge on any atom is -0.493 e. The number of para-hydroxylation sites is 1. The topological polar surface area (TPSA) is 67.4 Å². The number of hydrogen-bond donors (Lipinski definition) is 2. The summed E-state index contributed by atoms with van der Waals surface area (Å²) in [5.74, 6) is -0.0873. The molecule has 0 aliphatic carbocycles. The van der Waals surface area contributed by atoms with Crippen LogP contribution >= 0.6 is 0 Å². The van der Waals surface area contributed by atoms with E-state index in [1.165, 1.54) is 0 Å². The summed E-state index contributed by atoms with van der Waals surface area (Å²) in [6.45, 7) is 4.13. The highest BCUT2D eigenvalue weighted by molar-refractivity contribution is 5.98. The van der Waals surface area contributed by atoms with Gasteiger partial charge in [-0.25, -0.2) is 0 Å². The predicted molar refractivity (Wildman–Crippen MR) is 118 cm³/mol. The van der Waals surface area contributed by atoms with Crippen molar-refractivity contribution < 1.29 is 14.3 Å². The zero-order chi connectivity index (χ0) is 21.3. The van der Waals surface area contributed by atoms with Gasteiger partial charge >= 0.3 is 0 Å². The van der Waals surface area contributed by atoms with E-state index in [-0.39, 0.29) is 24.4 Å². The molecule has 0 saturated heterocycles. The summed E-state index contributed by atoms with van der Waals surface area (Å²) >= 11 is 0. The van der Waals surface area contributed by atoms with Crippen molar-refractivity contribution in [3.8, 4) is 16.9 Å². The third kappa shape index (κ3) is 5.47. The van der Waals surface area contributed by atoms with Crippen LogP contribution in [0.5, 0.6) is 5.75 Å². The maximum atomic E-state index is 12.4. The van der Waals surface area contributed by atoms with Gasteiger partial charge < -0.3 is 15.4 Å². The number of carbonyl (C=O) groups excluding carboxylic acids is 2. The smallest absolute Gasteiger partial charge is 0.255 e. The summed E-state index contributed by atoms with van der Waals surface area (Å²) in [6, 6.07) is 25.0. The summed E-state index contributed by atoms with van der Waals surface area (Å²) in [5, 5.41) is 5.57. The maximum absolute atomic E-state index is 12.4. The first-order chi connectivity index (χ1) is 14.6. The van der Waals surface area contributed by atoms with Crippen molar-refractivity contribution in [2.45, 2.75) is 19.9 Å². The molecule has 0 radical (unpaired) electrons. The second-order valence-corrected chi connectivity index (χ2v) is 6.89. The first kappa shape index (κ1) is 21.1. The van der Waals surface area contributed by atoms with Crippen LogP contribution < -0.4 is 15.4 Å². The molecule has 0 fully saturated rings. The van der Waals surface area contributed by atoms with E-state index in [1.54, 1.807) is 24.3 Å². The largest absolute Gasteiger partial charge is 0.493 e. The maximum Gasteiger partial charge on any atom is 0.255 e. The minimum absolute atomic E-state index is 0.105. The Balaban J connectivity index is 1.54. The van der Waals surface area contributed by atoms with E-state index < -0.39 is 0 Å². The van der Waals surface area contributed by atoms with E-state index in [2.05, 4.69) is 22.8 Å². The van der Waals surface area contributed by atoms with Crippen LogP contribution in [0.15, 0.2) is 78.9 Å². The van der Waals surface area contributed by atoms with Gasteiger partial charge in [-0.1, -0.05) is 66.7 Å². The van der Waals surface area contributed by atoms with Crippen molar-refractivity contribution >= 4 is 11.8 Å². The number of carbonyl (C=O) groups is 2. The van der Waals surface area contributed by atoms with Gasteiger partial charge in [-0.15, -0.1) is 0 Å². The predicted octanol–water partition coefficient (Wildman–Crippen LogP) is 4.36. The summed E-state index contributed by atoms with van der Waals surface area (Å²) in [7, 11) is 0. The zero-order valence-electron chi connectivity index (χ0n) is 17.2. The minimum atomic E-state index is -0.339. The molecule has 5 nitrogen and oxygen atoms in total. The van der Waals surface area contributed by atoms with Gasteiger partial charge in [-0.2, -0.15) is 0 Å². The Kier molecular flexibility index (Phi) is 7.22. The van der Waals surface area contributed by atoms with Crippen molar-refractivity contribution in [3.63, 3.8) is 0 Å². The highest BCUT2D eigenvalue weighted by Crippen LogP contribution is 2.22. The summed E-state index contributed by atoms with van der Waals surface area (Å²) in [6.07, 6.45) is 0. The quantitative estimate of drug-likeness (QED) is 0.588. The molecular formula is C25H26N2O3. The first-order valence-electron chi connectivity index (χ1n) is 10.0. The van der Waals surface area contributed by atoms with Crippen LogP contribution in [-0.2, 0) is 4.79 Å². The monoisotopic (exact) mass is 402 g/mol. The van der Waals surface area contributed by atoms with Crippen LogP contribution in [0.25, 0.3) is 11.1 Å². The Morgan fingerprint density at radius 3 is 2.20 bits per heavy atom. The van der Waals surface area contributed by atoms with Crippen LogP contribution in [0, 0.1) is 0 Å². The van der Waals surface area contributed by atoms with Gasteiger partial charge in [0.25, 0.3) is 5.91 Å². The van der Waals surface area contributed by atoms with Crippen LogP contribution in [0.1, 0.15) is 35.8 Å². The van der Waals surface area contributed by atoms with Gasteiger partial charge in [0, 0.05) is 0 Å². The molecule has 0 spiro atoms. The molecule has 3 aromatic rings. The molecule has 0 aliphatic heterocycles. The Bertz CT molecular complexity index is 985. The Morgan fingerprint density at radius 2 is 1.50 bits per heavy atom. The van der Waals surface area contributed by atoms with Gasteiger partial charge in [-0.05, 0) is 42.7 Å². The van der Waals surface area contributed by atoms with Gasteiger partial charge in [0.05, 0.1) is 24.8 Å². The molecule has 2 N–H and O–H groups in total. The average molecular weight is 402 g/mol. The number of benzene rings is 3. The molecule has 5 heteroatoms. The fourth-order valence-electron chi connectivity index (χ4n) is 3.16. The second kappa shape index (κ2) is 10.3. The molecule has 1 unspecified atom stereocenters. The van der Waals surface area contributed by atoms with Crippen molar-refractivity contribution in [2.75, 3.05) is 13.2 Å². The highest BCUT2D eigenvalue weighted by Gasteiger charge is 2.14. The molecule has 3 aromatic carbocycles. The van der Waals surface area contributed by atoms with Crippen molar-refractivity contribution in [1.82, 2.24) is 10.6 Å². The summed E-state index contributed by atoms with van der Waals surface area (Å²) < 4.78 is 5.47. The molecule has 1 atom stereocenters. The van der Waals surface area contributed by atoms with E-state index in [9.17, 15) is 9.59 Å². The van der Waals surface area contributed by atoms with Gasteiger partial charge in [0.1, 0.15) is 5.75 Å². The van der Waals surface area contributed by atoms with E-state index in [1.807, 2.05) is 56.3 Å². The van der Waals surface area contributed by atoms with Crippen molar-refractivity contribution in [3.05, 3.63) is 90.0 Å². The Hall–Kier alpha value is -3.60. The number of rotatable bonds is 8. The normalized spacial score (nSPS) is 11.4. The lowest BCUT2D eigenvalue weighted by atomic mass is 10.0. The molecule has 0 aromatic heterocycles. The summed E-state index contributed by atoms with van der Waals surface area (Å²) in [4.78, 5) is 24.7. The number of amides is 2. The van der Waals surface area contributed by atoms with Gasteiger partial charge in [-0.3, -0.25) is 9.59 Å². The third-order valence-corrected chi connectivity index (χ3v) is 4.74. The van der Waals surface area contributed by atoms with Crippen LogP contribution in [-0.4, -0.2) is 25.0 Å². The molecular weight excluding hydrogens is 376 g/mol. The molecule has 3 rings (SSSR count). The lowest BCUT2D eigenvalue weighted by molar-refractivity contribution is -0.120. The number of nitrogens with one attached hydrogen (secondary N) is 2. The molecule has 154 valence electrons. The van der Waals surface area contributed by atoms with Crippen LogP contribution in [0.2, 0.25) is 0 Å². The lowest BCUT2D eigenvalue weighted by Crippen LogP contribution is -2.38. The third-order valence-electron chi connectivity index (χ3n) is 4.74. The standard InChI is InChI=1S/C25H26N2O3/c1-3-30-23-12-8-7-11-22(23)25(29)26-17-24(28)27-18(2)19-13-15-21(16-14-19)20-9-5-4-6-10-20/h4-16,18H,3,17H2,1-2H3,(H,26,29)(H,27,28). The Labute approximate surface area is 177 Å². The molecule has 30 heavy (non-hydrogen) atoms. The SMILES string of the molecule is CCOc1ccccc1C(=O)NCC(=O)NC(C)c1ccc(-c2ccccc2)cc1.